The topological polar surface area (TPSA) is 20.3 Å². The number of carbonyl (C=O) groups excluding carboxylic acids is 1. The van der Waals surface area contributed by atoms with E-state index in [1.54, 1.807) is 24.3 Å². The SMILES string of the molecule is C=CCN(Cc1ccccc1I)C(=O)C(F)(F)F. The lowest BCUT2D eigenvalue weighted by Gasteiger charge is -2.22. The number of halogens is 4. The van der Waals surface area contributed by atoms with Crippen LogP contribution in [0.4, 0.5) is 13.2 Å². The van der Waals surface area contributed by atoms with Crippen LogP contribution in [-0.2, 0) is 11.3 Å². The van der Waals surface area contributed by atoms with Crippen molar-refractivity contribution < 1.29 is 18.0 Å². The van der Waals surface area contributed by atoms with Crippen LogP contribution in [-0.4, -0.2) is 23.5 Å². The highest BCUT2D eigenvalue weighted by molar-refractivity contribution is 14.1. The predicted molar refractivity (Wildman–Crippen MR) is 70.8 cm³/mol. The summed E-state index contributed by atoms with van der Waals surface area (Å²) in [6.07, 6.45) is -3.58. The van der Waals surface area contributed by atoms with Crippen molar-refractivity contribution in [1.82, 2.24) is 4.90 Å². The fourth-order valence-corrected chi connectivity index (χ4v) is 1.94. The Bertz CT molecular complexity index is 445. The van der Waals surface area contributed by atoms with Crippen molar-refractivity contribution in [3.63, 3.8) is 0 Å². The number of hydrogen-bond acceptors (Lipinski definition) is 1. The second-order valence-electron chi connectivity index (χ2n) is 3.56. The van der Waals surface area contributed by atoms with Gasteiger partial charge in [-0.2, -0.15) is 13.2 Å². The van der Waals surface area contributed by atoms with Gasteiger partial charge in [0, 0.05) is 16.7 Å². The molecule has 0 aromatic heterocycles. The summed E-state index contributed by atoms with van der Waals surface area (Å²) in [5.74, 6) is -1.85. The van der Waals surface area contributed by atoms with Crippen LogP contribution in [0.25, 0.3) is 0 Å². The third kappa shape index (κ3) is 4.01. The molecule has 0 aliphatic rings. The molecular weight excluding hydrogens is 358 g/mol. The first kappa shape index (κ1) is 15.0. The molecule has 0 fully saturated rings. The molecule has 1 aromatic rings. The van der Waals surface area contributed by atoms with Gasteiger partial charge in [0.1, 0.15) is 0 Å². The maximum absolute atomic E-state index is 12.4. The zero-order valence-electron chi connectivity index (χ0n) is 9.38. The lowest BCUT2D eigenvalue weighted by Crippen LogP contribution is -2.40. The molecule has 0 aliphatic carbocycles. The molecular formula is C12H11F3INO. The van der Waals surface area contributed by atoms with Gasteiger partial charge in [0.25, 0.3) is 0 Å². The molecule has 0 aliphatic heterocycles. The minimum Gasteiger partial charge on any atom is -0.327 e. The Hall–Kier alpha value is -1.05. The Kier molecular flexibility index (Phi) is 5.18. The van der Waals surface area contributed by atoms with Gasteiger partial charge in [-0.1, -0.05) is 24.3 Å². The first-order valence-electron chi connectivity index (χ1n) is 5.06. The Morgan fingerprint density at radius 3 is 2.50 bits per heavy atom. The van der Waals surface area contributed by atoms with Gasteiger partial charge in [0.15, 0.2) is 0 Å². The van der Waals surface area contributed by atoms with Crippen LogP contribution in [0.5, 0.6) is 0 Å². The zero-order chi connectivity index (χ0) is 13.8. The van der Waals surface area contributed by atoms with Crippen LogP contribution in [0.15, 0.2) is 36.9 Å². The molecule has 18 heavy (non-hydrogen) atoms. The Morgan fingerprint density at radius 1 is 1.39 bits per heavy atom. The van der Waals surface area contributed by atoms with Crippen molar-refractivity contribution >= 4 is 28.5 Å². The summed E-state index contributed by atoms with van der Waals surface area (Å²) in [6, 6.07) is 6.98. The van der Waals surface area contributed by atoms with E-state index in [0.29, 0.717) is 5.56 Å². The van der Waals surface area contributed by atoms with Crippen LogP contribution in [0, 0.1) is 3.57 Å². The number of carbonyl (C=O) groups is 1. The van der Waals surface area contributed by atoms with E-state index in [4.69, 9.17) is 0 Å². The predicted octanol–water partition coefficient (Wildman–Crippen LogP) is 3.37. The molecule has 0 atom stereocenters. The molecule has 0 N–H and O–H groups in total. The Balaban J connectivity index is 2.91. The fraction of sp³-hybridized carbons (Fsp3) is 0.250. The number of nitrogens with zero attached hydrogens (tertiary/aromatic N) is 1. The molecule has 0 spiro atoms. The smallest absolute Gasteiger partial charge is 0.327 e. The molecule has 1 aromatic carbocycles. The number of amides is 1. The van der Waals surface area contributed by atoms with Crippen LogP contribution in [0.1, 0.15) is 5.56 Å². The van der Waals surface area contributed by atoms with Gasteiger partial charge >= 0.3 is 12.1 Å². The third-order valence-corrected chi connectivity index (χ3v) is 3.25. The number of benzene rings is 1. The van der Waals surface area contributed by atoms with E-state index in [9.17, 15) is 18.0 Å². The number of rotatable bonds is 4. The van der Waals surface area contributed by atoms with E-state index in [-0.39, 0.29) is 13.1 Å². The van der Waals surface area contributed by atoms with Gasteiger partial charge in [-0.05, 0) is 34.2 Å². The third-order valence-electron chi connectivity index (χ3n) is 2.20. The van der Waals surface area contributed by atoms with Crippen molar-refractivity contribution in [2.75, 3.05) is 6.54 Å². The first-order chi connectivity index (χ1) is 8.36. The molecule has 1 amide bonds. The summed E-state index contributed by atoms with van der Waals surface area (Å²) in [7, 11) is 0. The first-order valence-corrected chi connectivity index (χ1v) is 6.14. The van der Waals surface area contributed by atoms with Gasteiger partial charge in [-0.25, -0.2) is 0 Å². The summed E-state index contributed by atoms with van der Waals surface area (Å²) in [6.45, 7) is 3.15. The maximum Gasteiger partial charge on any atom is 0.471 e. The van der Waals surface area contributed by atoms with Crippen molar-refractivity contribution in [2.45, 2.75) is 12.7 Å². The molecule has 0 heterocycles. The molecule has 1 rings (SSSR count). The quantitative estimate of drug-likeness (QED) is 0.589. The van der Waals surface area contributed by atoms with Crippen LogP contribution in [0.3, 0.4) is 0 Å². The second-order valence-corrected chi connectivity index (χ2v) is 4.73. The average molecular weight is 369 g/mol. The van der Waals surface area contributed by atoms with Gasteiger partial charge < -0.3 is 4.90 Å². The minimum atomic E-state index is -4.86. The van der Waals surface area contributed by atoms with E-state index in [1.807, 2.05) is 22.6 Å². The largest absolute Gasteiger partial charge is 0.471 e. The monoisotopic (exact) mass is 369 g/mol. The average Bonchev–Trinajstić information content (AvgIpc) is 2.29. The summed E-state index contributed by atoms with van der Waals surface area (Å²) >= 11 is 2.02. The second kappa shape index (κ2) is 6.21. The van der Waals surface area contributed by atoms with Gasteiger partial charge in [0.2, 0.25) is 0 Å². The van der Waals surface area contributed by atoms with Crippen LogP contribution >= 0.6 is 22.6 Å². The molecule has 0 saturated carbocycles. The van der Waals surface area contributed by atoms with Crippen molar-refractivity contribution in [1.29, 1.82) is 0 Å². The Morgan fingerprint density at radius 2 is 2.00 bits per heavy atom. The lowest BCUT2D eigenvalue weighted by molar-refractivity contribution is -0.185. The van der Waals surface area contributed by atoms with Crippen molar-refractivity contribution in [2.24, 2.45) is 0 Å². The molecule has 0 saturated heterocycles. The molecule has 98 valence electrons. The molecule has 2 nitrogen and oxygen atoms in total. The molecule has 0 bridgehead atoms. The summed E-state index contributed by atoms with van der Waals surface area (Å²) < 4.78 is 38.0. The van der Waals surface area contributed by atoms with E-state index in [1.165, 1.54) is 6.08 Å². The van der Waals surface area contributed by atoms with Gasteiger partial charge in [-0.3, -0.25) is 4.79 Å². The van der Waals surface area contributed by atoms with E-state index in [0.717, 1.165) is 8.47 Å². The van der Waals surface area contributed by atoms with E-state index >= 15 is 0 Å². The minimum absolute atomic E-state index is 0.0799. The number of alkyl halides is 3. The van der Waals surface area contributed by atoms with E-state index < -0.39 is 12.1 Å². The standard InChI is InChI=1S/C12H11F3INO/c1-2-7-17(11(18)12(13,14)15)8-9-5-3-4-6-10(9)16/h2-6H,1,7-8H2. The number of hydrogen-bond donors (Lipinski definition) is 0. The van der Waals surface area contributed by atoms with Crippen LogP contribution in [0.2, 0.25) is 0 Å². The van der Waals surface area contributed by atoms with E-state index in [2.05, 4.69) is 6.58 Å². The maximum atomic E-state index is 12.4. The lowest BCUT2D eigenvalue weighted by atomic mass is 10.2. The molecule has 6 heteroatoms. The van der Waals surface area contributed by atoms with Crippen molar-refractivity contribution in [3.8, 4) is 0 Å². The van der Waals surface area contributed by atoms with Crippen LogP contribution < -0.4 is 0 Å². The zero-order valence-corrected chi connectivity index (χ0v) is 11.5. The molecule has 0 radical (unpaired) electrons. The summed E-state index contributed by atoms with van der Waals surface area (Å²) in [5.41, 5.74) is 0.678. The fourth-order valence-electron chi connectivity index (χ4n) is 1.39. The normalized spacial score (nSPS) is 11.1. The van der Waals surface area contributed by atoms with Gasteiger partial charge in [-0.15, -0.1) is 6.58 Å². The highest BCUT2D eigenvalue weighted by atomic mass is 127. The van der Waals surface area contributed by atoms with Gasteiger partial charge in [0.05, 0.1) is 0 Å². The molecule has 0 unspecified atom stereocenters. The highest BCUT2D eigenvalue weighted by Gasteiger charge is 2.42. The Labute approximate surface area is 117 Å². The highest BCUT2D eigenvalue weighted by Crippen LogP contribution is 2.21. The van der Waals surface area contributed by atoms with Crippen molar-refractivity contribution in [3.05, 3.63) is 46.1 Å². The summed E-state index contributed by atoms with van der Waals surface area (Å²) in [4.78, 5) is 11.9. The summed E-state index contributed by atoms with van der Waals surface area (Å²) in [5, 5.41) is 0.